The summed E-state index contributed by atoms with van der Waals surface area (Å²) >= 11 is 0. The van der Waals surface area contributed by atoms with E-state index in [4.69, 9.17) is 6.42 Å². The second-order valence-electron chi connectivity index (χ2n) is 5.05. The van der Waals surface area contributed by atoms with E-state index in [1.165, 1.54) is 12.8 Å². The highest BCUT2D eigenvalue weighted by molar-refractivity contribution is 5.74. The molecule has 3 heteroatoms. The SMILES string of the molecule is C#CCNC(=O)N(Cc1ccccc1)C(C)C1CC1. The first-order chi connectivity index (χ1) is 9.22. The molecule has 100 valence electrons. The third kappa shape index (κ3) is 3.75. The van der Waals surface area contributed by atoms with Crippen molar-refractivity contribution in [3.63, 3.8) is 0 Å². The molecular formula is C16H20N2O. The number of nitrogens with zero attached hydrogens (tertiary/aromatic N) is 1. The van der Waals surface area contributed by atoms with Gasteiger partial charge in [-0.3, -0.25) is 0 Å². The molecule has 0 bridgehead atoms. The van der Waals surface area contributed by atoms with Crippen molar-refractivity contribution in [2.75, 3.05) is 6.54 Å². The van der Waals surface area contributed by atoms with E-state index in [0.717, 1.165) is 5.56 Å². The predicted octanol–water partition coefficient (Wildman–Crippen LogP) is 2.63. The summed E-state index contributed by atoms with van der Waals surface area (Å²) in [5.74, 6) is 3.08. The van der Waals surface area contributed by atoms with E-state index < -0.39 is 0 Å². The molecule has 1 aromatic rings. The van der Waals surface area contributed by atoms with E-state index in [1.54, 1.807) is 0 Å². The van der Waals surface area contributed by atoms with Gasteiger partial charge in [0.05, 0.1) is 6.54 Å². The number of carbonyl (C=O) groups is 1. The highest BCUT2D eigenvalue weighted by atomic mass is 16.2. The minimum absolute atomic E-state index is 0.0683. The fourth-order valence-corrected chi connectivity index (χ4v) is 2.24. The van der Waals surface area contributed by atoms with Crippen LogP contribution in [0, 0.1) is 18.3 Å². The number of hydrogen-bond donors (Lipinski definition) is 1. The lowest BCUT2D eigenvalue weighted by Crippen LogP contribution is -2.45. The van der Waals surface area contributed by atoms with Gasteiger partial charge in [-0.25, -0.2) is 4.79 Å². The Labute approximate surface area is 115 Å². The van der Waals surface area contributed by atoms with Crippen molar-refractivity contribution < 1.29 is 4.79 Å². The molecule has 0 aromatic heterocycles. The van der Waals surface area contributed by atoms with E-state index in [9.17, 15) is 4.79 Å². The molecule has 2 amide bonds. The van der Waals surface area contributed by atoms with Crippen LogP contribution in [0.5, 0.6) is 0 Å². The number of terminal acetylenes is 1. The van der Waals surface area contributed by atoms with E-state index in [0.29, 0.717) is 12.5 Å². The molecule has 1 N–H and O–H groups in total. The summed E-state index contributed by atoms with van der Waals surface area (Å²) in [6.45, 7) is 3.03. The fourth-order valence-electron chi connectivity index (χ4n) is 2.24. The van der Waals surface area contributed by atoms with Gasteiger partial charge in [0.2, 0.25) is 0 Å². The van der Waals surface area contributed by atoms with Crippen LogP contribution in [0.4, 0.5) is 4.79 Å². The van der Waals surface area contributed by atoms with Gasteiger partial charge in [0.25, 0.3) is 0 Å². The van der Waals surface area contributed by atoms with Crippen LogP contribution in [0.2, 0.25) is 0 Å². The Balaban J connectivity index is 2.05. The lowest BCUT2D eigenvalue weighted by atomic mass is 10.1. The highest BCUT2D eigenvalue weighted by Gasteiger charge is 2.34. The number of carbonyl (C=O) groups excluding carboxylic acids is 1. The Morgan fingerprint density at radius 2 is 2.16 bits per heavy atom. The van der Waals surface area contributed by atoms with Crippen molar-refractivity contribution in [2.24, 2.45) is 5.92 Å². The van der Waals surface area contributed by atoms with Crippen molar-refractivity contribution in [2.45, 2.75) is 32.4 Å². The summed E-state index contributed by atoms with van der Waals surface area (Å²) in [5.41, 5.74) is 1.14. The minimum Gasteiger partial charge on any atom is -0.327 e. The zero-order valence-electron chi connectivity index (χ0n) is 11.3. The van der Waals surface area contributed by atoms with Crippen LogP contribution in [0.3, 0.4) is 0 Å². The third-order valence-electron chi connectivity index (χ3n) is 3.59. The Kier molecular flexibility index (Phi) is 4.46. The normalized spacial score (nSPS) is 15.4. The number of nitrogens with one attached hydrogen (secondary N) is 1. The molecule has 1 unspecified atom stereocenters. The number of amides is 2. The molecule has 1 fully saturated rings. The third-order valence-corrected chi connectivity index (χ3v) is 3.59. The lowest BCUT2D eigenvalue weighted by molar-refractivity contribution is 0.168. The molecule has 0 radical (unpaired) electrons. The molecule has 3 nitrogen and oxygen atoms in total. The summed E-state index contributed by atoms with van der Waals surface area (Å²) in [6, 6.07) is 10.3. The predicted molar refractivity (Wildman–Crippen MR) is 76.4 cm³/mol. The molecule has 1 aliphatic carbocycles. The maximum Gasteiger partial charge on any atom is 0.318 e. The molecule has 0 saturated heterocycles. The molecule has 1 atom stereocenters. The molecule has 2 rings (SSSR count). The van der Waals surface area contributed by atoms with Gasteiger partial charge < -0.3 is 10.2 Å². The number of hydrogen-bond acceptors (Lipinski definition) is 1. The van der Waals surface area contributed by atoms with Crippen LogP contribution >= 0.6 is 0 Å². The first-order valence-corrected chi connectivity index (χ1v) is 6.74. The molecule has 0 aliphatic heterocycles. The second kappa shape index (κ2) is 6.29. The maximum atomic E-state index is 12.2. The van der Waals surface area contributed by atoms with Crippen LogP contribution in [-0.2, 0) is 6.54 Å². The topological polar surface area (TPSA) is 32.3 Å². The highest BCUT2D eigenvalue weighted by Crippen LogP contribution is 2.35. The van der Waals surface area contributed by atoms with Gasteiger partial charge in [-0.2, -0.15) is 0 Å². The summed E-state index contributed by atoms with van der Waals surface area (Å²) in [5, 5.41) is 2.77. The standard InChI is InChI=1S/C16H20N2O/c1-3-11-17-16(19)18(13(2)15-9-10-15)12-14-7-5-4-6-8-14/h1,4-8,13,15H,9-12H2,2H3,(H,17,19). The van der Waals surface area contributed by atoms with Crippen molar-refractivity contribution in [3.05, 3.63) is 35.9 Å². The van der Waals surface area contributed by atoms with Crippen LogP contribution < -0.4 is 5.32 Å². The molecule has 19 heavy (non-hydrogen) atoms. The summed E-state index contributed by atoms with van der Waals surface area (Å²) in [4.78, 5) is 14.1. The summed E-state index contributed by atoms with van der Waals surface area (Å²) in [7, 11) is 0. The average Bonchev–Trinajstić information content (AvgIpc) is 3.27. The number of benzene rings is 1. The van der Waals surface area contributed by atoms with Crippen molar-refractivity contribution >= 4 is 6.03 Å². The monoisotopic (exact) mass is 256 g/mol. The summed E-state index contributed by atoms with van der Waals surface area (Å²) < 4.78 is 0. The van der Waals surface area contributed by atoms with E-state index >= 15 is 0 Å². The zero-order chi connectivity index (χ0) is 13.7. The second-order valence-corrected chi connectivity index (χ2v) is 5.05. The van der Waals surface area contributed by atoms with Crippen molar-refractivity contribution in [1.82, 2.24) is 10.2 Å². The largest absolute Gasteiger partial charge is 0.327 e. The molecule has 1 aliphatic rings. The van der Waals surface area contributed by atoms with E-state index in [-0.39, 0.29) is 18.6 Å². The molecule has 0 heterocycles. The van der Waals surface area contributed by atoms with E-state index in [2.05, 4.69) is 18.2 Å². The smallest absolute Gasteiger partial charge is 0.318 e. The molecule has 0 spiro atoms. The van der Waals surface area contributed by atoms with Crippen LogP contribution in [0.1, 0.15) is 25.3 Å². The Bertz CT molecular complexity index is 459. The van der Waals surface area contributed by atoms with Gasteiger partial charge >= 0.3 is 6.03 Å². The molecule has 1 saturated carbocycles. The number of rotatable bonds is 5. The Morgan fingerprint density at radius 1 is 1.47 bits per heavy atom. The van der Waals surface area contributed by atoms with Gasteiger partial charge in [-0.15, -0.1) is 6.42 Å². The maximum absolute atomic E-state index is 12.2. The van der Waals surface area contributed by atoms with Crippen molar-refractivity contribution in [3.8, 4) is 12.3 Å². The average molecular weight is 256 g/mol. The van der Waals surface area contributed by atoms with Gasteiger partial charge in [0.1, 0.15) is 0 Å². The zero-order valence-corrected chi connectivity index (χ0v) is 11.3. The van der Waals surface area contributed by atoms with Gasteiger partial charge in [-0.05, 0) is 31.2 Å². The van der Waals surface area contributed by atoms with Crippen molar-refractivity contribution in [1.29, 1.82) is 0 Å². The molecular weight excluding hydrogens is 236 g/mol. The van der Waals surface area contributed by atoms with Crippen LogP contribution in [0.15, 0.2) is 30.3 Å². The van der Waals surface area contributed by atoms with Gasteiger partial charge in [0.15, 0.2) is 0 Å². The van der Waals surface area contributed by atoms with E-state index in [1.807, 2.05) is 35.2 Å². The lowest BCUT2D eigenvalue weighted by Gasteiger charge is -2.29. The van der Waals surface area contributed by atoms with Gasteiger partial charge in [-0.1, -0.05) is 36.3 Å². The van der Waals surface area contributed by atoms with Crippen LogP contribution in [0.25, 0.3) is 0 Å². The quantitative estimate of drug-likeness (QED) is 0.807. The Hall–Kier alpha value is -1.95. The Morgan fingerprint density at radius 3 is 2.74 bits per heavy atom. The molecule has 1 aromatic carbocycles. The summed E-state index contributed by atoms with van der Waals surface area (Å²) in [6.07, 6.45) is 7.63. The minimum atomic E-state index is -0.0683. The number of urea groups is 1. The first kappa shape index (κ1) is 13.5. The van der Waals surface area contributed by atoms with Crippen LogP contribution in [-0.4, -0.2) is 23.5 Å². The van der Waals surface area contributed by atoms with Gasteiger partial charge in [0, 0.05) is 12.6 Å². The fraction of sp³-hybridized carbons (Fsp3) is 0.438. The first-order valence-electron chi connectivity index (χ1n) is 6.74.